The van der Waals surface area contributed by atoms with Crippen molar-refractivity contribution < 1.29 is 31.5 Å². The highest BCUT2D eigenvalue weighted by Crippen LogP contribution is 2.44. The molecule has 0 aromatic carbocycles. The molecular weight excluding hydrogens is 480 g/mol. The number of carbonyl (C=O) groups is 1. The van der Waals surface area contributed by atoms with Crippen LogP contribution in [0.3, 0.4) is 0 Å². The summed E-state index contributed by atoms with van der Waals surface area (Å²) in [5, 5.41) is -0.460. The number of allylic oxidation sites excluding steroid dienone is 1. The van der Waals surface area contributed by atoms with E-state index in [1.807, 2.05) is 4.90 Å². The standard InChI is InChI=1S/C24H31F2N3O5S/c1-15-20-19(13-18(25)21(15)26)27-14-17(23(30)29-7-3-16(4-8-29)35(2,31)32)22(20)28-9-5-24(6-10-28)33-11-12-34-24/h13-16,21H,3-12H2,1-2H3. The molecule has 5 rings (SSSR count). The van der Waals surface area contributed by atoms with Gasteiger partial charge in [-0.1, -0.05) is 6.92 Å². The van der Waals surface area contributed by atoms with E-state index >= 15 is 0 Å². The molecule has 35 heavy (non-hydrogen) atoms. The van der Waals surface area contributed by atoms with Crippen LogP contribution >= 0.6 is 0 Å². The largest absolute Gasteiger partial charge is 0.370 e. The molecule has 0 N–H and O–H groups in total. The van der Waals surface area contributed by atoms with Crippen LogP contribution < -0.4 is 4.90 Å². The fraction of sp³-hybridized carbons (Fsp3) is 0.667. The summed E-state index contributed by atoms with van der Waals surface area (Å²) < 4.78 is 64.6. The molecule has 0 bridgehead atoms. The maximum atomic E-state index is 14.8. The maximum Gasteiger partial charge on any atom is 0.257 e. The highest BCUT2D eigenvalue weighted by atomic mass is 32.2. The summed E-state index contributed by atoms with van der Waals surface area (Å²) in [6.07, 6.45) is 3.90. The molecule has 192 valence electrons. The number of hydrogen-bond acceptors (Lipinski definition) is 7. The first-order valence-electron chi connectivity index (χ1n) is 12.1. The second-order valence-corrected chi connectivity index (χ2v) is 12.3. The second-order valence-electron chi connectivity index (χ2n) is 9.95. The van der Waals surface area contributed by atoms with Crippen molar-refractivity contribution in [2.75, 3.05) is 50.5 Å². The Kier molecular flexibility index (Phi) is 6.38. The van der Waals surface area contributed by atoms with Crippen molar-refractivity contribution in [2.45, 2.75) is 55.7 Å². The van der Waals surface area contributed by atoms with Crippen LogP contribution in [-0.4, -0.2) is 87.1 Å². The first-order chi connectivity index (χ1) is 16.6. The van der Waals surface area contributed by atoms with E-state index in [1.54, 1.807) is 11.8 Å². The van der Waals surface area contributed by atoms with Crippen LogP contribution in [0.25, 0.3) is 6.08 Å². The minimum atomic E-state index is -3.17. The predicted octanol–water partition coefficient (Wildman–Crippen LogP) is 2.84. The molecule has 0 radical (unpaired) electrons. The average molecular weight is 512 g/mol. The van der Waals surface area contributed by atoms with Crippen LogP contribution in [0.1, 0.15) is 60.1 Å². The Hall–Kier alpha value is -2.11. The van der Waals surface area contributed by atoms with Gasteiger partial charge in [0, 0.05) is 63.0 Å². The van der Waals surface area contributed by atoms with Gasteiger partial charge < -0.3 is 19.3 Å². The van der Waals surface area contributed by atoms with Crippen molar-refractivity contribution in [1.82, 2.24) is 9.88 Å². The van der Waals surface area contributed by atoms with Gasteiger partial charge in [0.05, 0.1) is 35.4 Å². The number of anilines is 1. The van der Waals surface area contributed by atoms with Gasteiger partial charge in [-0.25, -0.2) is 17.2 Å². The quantitative estimate of drug-likeness (QED) is 0.617. The molecule has 3 saturated heterocycles. The minimum Gasteiger partial charge on any atom is -0.370 e. The number of nitrogens with zero attached hydrogens (tertiary/aromatic N) is 3. The van der Waals surface area contributed by atoms with Crippen LogP contribution in [-0.2, 0) is 19.3 Å². The summed E-state index contributed by atoms with van der Waals surface area (Å²) in [4.78, 5) is 21.7. The average Bonchev–Trinajstić information content (AvgIpc) is 3.29. The summed E-state index contributed by atoms with van der Waals surface area (Å²) in [6, 6.07) is 0. The molecule has 4 heterocycles. The second kappa shape index (κ2) is 9.08. The third-order valence-corrected chi connectivity index (χ3v) is 9.45. The normalized spacial score (nSPS) is 27.1. The summed E-state index contributed by atoms with van der Waals surface area (Å²) >= 11 is 0. The fourth-order valence-electron chi connectivity index (χ4n) is 5.70. The molecule has 0 saturated carbocycles. The maximum absolute atomic E-state index is 14.8. The van der Waals surface area contributed by atoms with Crippen molar-refractivity contribution in [3.63, 3.8) is 0 Å². The third-order valence-electron chi connectivity index (χ3n) is 7.77. The van der Waals surface area contributed by atoms with Gasteiger partial charge in [0.25, 0.3) is 5.91 Å². The lowest BCUT2D eigenvalue weighted by Crippen LogP contribution is -2.47. The lowest BCUT2D eigenvalue weighted by Gasteiger charge is -2.41. The van der Waals surface area contributed by atoms with Crippen LogP contribution in [0.4, 0.5) is 14.5 Å². The number of carbonyl (C=O) groups excluding carboxylic acids is 1. The van der Waals surface area contributed by atoms with Gasteiger partial charge in [0.15, 0.2) is 12.0 Å². The van der Waals surface area contributed by atoms with Crippen LogP contribution in [0.2, 0.25) is 0 Å². The Morgan fingerprint density at radius 3 is 2.37 bits per heavy atom. The number of ether oxygens (including phenoxy) is 2. The third kappa shape index (κ3) is 4.46. The highest BCUT2D eigenvalue weighted by Gasteiger charge is 2.43. The molecule has 8 nitrogen and oxygen atoms in total. The van der Waals surface area contributed by atoms with Crippen LogP contribution in [0.5, 0.6) is 0 Å². The number of fused-ring (bicyclic) bond motifs is 1. The topological polar surface area (TPSA) is 89.0 Å². The molecule has 2 unspecified atom stereocenters. The van der Waals surface area contributed by atoms with E-state index in [-0.39, 0.29) is 5.91 Å². The number of rotatable bonds is 3. The SMILES string of the molecule is CC1c2c(ncc(C(=O)N3CCC(S(C)(=O)=O)CC3)c2N2CCC3(CC2)OCCO3)C=C(F)C1F. The first kappa shape index (κ1) is 24.6. The van der Waals surface area contributed by atoms with Crippen molar-refractivity contribution in [3.05, 3.63) is 28.8 Å². The first-order valence-corrected chi connectivity index (χ1v) is 14.1. The van der Waals surface area contributed by atoms with Gasteiger partial charge in [-0.05, 0) is 18.9 Å². The van der Waals surface area contributed by atoms with E-state index in [0.717, 1.165) is 6.08 Å². The number of aromatic nitrogens is 1. The molecule has 2 atom stereocenters. The van der Waals surface area contributed by atoms with E-state index < -0.39 is 38.8 Å². The molecular formula is C24H31F2N3O5S. The van der Waals surface area contributed by atoms with Gasteiger partial charge in [-0.3, -0.25) is 9.78 Å². The number of likely N-dealkylation sites (tertiary alicyclic amines) is 1. The summed E-state index contributed by atoms with van der Waals surface area (Å²) in [5.41, 5.74) is 1.78. The summed E-state index contributed by atoms with van der Waals surface area (Å²) in [5.74, 6) is -2.57. The number of hydrogen-bond donors (Lipinski definition) is 0. The molecule has 3 fully saturated rings. The Morgan fingerprint density at radius 2 is 1.77 bits per heavy atom. The summed E-state index contributed by atoms with van der Waals surface area (Å²) in [6.45, 7) is 4.39. The van der Waals surface area contributed by atoms with Crippen molar-refractivity contribution >= 4 is 27.5 Å². The number of amides is 1. The Morgan fingerprint density at radius 1 is 1.14 bits per heavy atom. The lowest BCUT2D eigenvalue weighted by atomic mass is 9.85. The molecule has 1 aromatic rings. The van der Waals surface area contributed by atoms with E-state index in [4.69, 9.17) is 9.47 Å². The van der Waals surface area contributed by atoms with Crippen LogP contribution in [0, 0.1) is 0 Å². The van der Waals surface area contributed by atoms with Crippen molar-refractivity contribution in [1.29, 1.82) is 0 Å². The lowest BCUT2D eigenvalue weighted by molar-refractivity contribution is -0.169. The molecule has 1 amide bonds. The Bertz CT molecular complexity index is 1130. The predicted molar refractivity (Wildman–Crippen MR) is 126 cm³/mol. The van der Waals surface area contributed by atoms with Gasteiger partial charge >= 0.3 is 0 Å². The molecule has 4 aliphatic rings. The van der Waals surface area contributed by atoms with E-state index in [2.05, 4.69) is 4.98 Å². The smallest absolute Gasteiger partial charge is 0.257 e. The van der Waals surface area contributed by atoms with Crippen LogP contribution in [0.15, 0.2) is 12.0 Å². The van der Waals surface area contributed by atoms with Gasteiger partial charge in [-0.15, -0.1) is 0 Å². The highest BCUT2D eigenvalue weighted by molar-refractivity contribution is 7.91. The molecule has 11 heteroatoms. The minimum absolute atomic E-state index is 0.270. The molecule has 1 aromatic heterocycles. The molecule has 3 aliphatic heterocycles. The summed E-state index contributed by atoms with van der Waals surface area (Å²) in [7, 11) is -3.17. The van der Waals surface area contributed by atoms with E-state index in [9.17, 15) is 22.0 Å². The van der Waals surface area contributed by atoms with Gasteiger partial charge in [0.1, 0.15) is 15.7 Å². The number of halogens is 2. The fourth-order valence-corrected chi connectivity index (χ4v) is 6.77. The van der Waals surface area contributed by atoms with E-state index in [0.29, 0.717) is 87.6 Å². The molecule has 1 aliphatic carbocycles. The van der Waals surface area contributed by atoms with Gasteiger partial charge in [0.2, 0.25) is 0 Å². The van der Waals surface area contributed by atoms with Gasteiger partial charge in [-0.2, -0.15) is 0 Å². The Labute approximate surface area is 204 Å². The zero-order chi connectivity index (χ0) is 25.0. The number of piperidine rings is 2. The van der Waals surface area contributed by atoms with Crippen molar-refractivity contribution in [3.8, 4) is 0 Å². The van der Waals surface area contributed by atoms with E-state index in [1.165, 1.54) is 12.5 Å². The zero-order valence-corrected chi connectivity index (χ0v) is 20.8. The number of alkyl halides is 1. The number of pyridine rings is 1. The molecule has 1 spiro atoms. The van der Waals surface area contributed by atoms with Crippen molar-refractivity contribution in [2.24, 2.45) is 0 Å². The number of sulfone groups is 1. The Balaban J connectivity index is 1.49. The zero-order valence-electron chi connectivity index (χ0n) is 20.0. The monoisotopic (exact) mass is 511 g/mol.